The van der Waals surface area contributed by atoms with Gasteiger partial charge in [-0.1, -0.05) is 30.7 Å². The zero-order chi connectivity index (χ0) is 19.9. The van der Waals surface area contributed by atoms with Crippen LogP contribution >= 0.6 is 35.3 Å². The van der Waals surface area contributed by atoms with Crippen molar-refractivity contribution >= 4 is 41.3 Å². The number of aliphatic imine (C=N–C) groups is 1. The highest BCUT2D eigenvalue weighted by atomic mass is 127. The molecule has 29 heavy (non-hydrogen) atoms. The van der Waals surface area contributed by atoms with E-state index in [0.717, 1.165) is 29.8 Å². The van der Waals surface area contributed by atoms with Crippen molar-refractivity contribution in [2.24, 2.45) is 4.99 Å². The number of halogens is 1. The molecule has 0 bridgehead atoms. The molecule has 7 heteroatoms. The minimum Gasteiger partial charge on any atom is -0.352 e. The van der Waals surface area contributed by atoms with Gasteiger partial charge >= 0.3 is 0 Å². The first-order chi connectivity index (χ1) is 13.6. The van der Waals surface area contributed by atoms with Crippen molar-refractivity contribution in [3.05, 3.63) is 51.0 Å². The lowest BCUT2D eigenvalue weighted by atomic mass is 10.0. The Balaban J connectivity index is 0.00000300. The minimum absolute atomic E-state index is 0. The lowest BCUT2D eigenvalue weighted by Crippen LogP contribution is -2.38. The molecule has 1 aromatic heterocycles. The van der Waals surface area contributed by atoms with Gasteiger partial charge in [0, 0.05) is 31.1 Å². The highest BCUT2D eigenvalue weighted by Gasteiger charge is 2.19. The maximum atomic E-state index is 4.59. The lowest BCUT2D eigenvalue weighted by molar-refractivity contribution is 0.152. The van der Waals surface area contributed by atoms with Gasteiger partial charge in [-0.05, 0) is 51.3 Å². The van der Waals surface area contributed by atoms with Crippen LogP contribution < -0.4 is 10.6 Å². The fourth-order valence-electron chi connectivity index (χ4n) is 3.67. The van der Waals surface area contributed by atoms with E-state index in [1.54, 1.807) is 11.3 Å². The third-order valence-electron chi connectivity index (χ3n) is 5.58. The molecule has 0 radical (unpaired) electrons. The summed E-state index contributed by atoms with van der Waals surface area (Å²) in [5.74, 6) is 0.812. The summed E-state index contributed by atoms with van der Waals surface area (Å²) >= 11 is 1.74. The number of nitrogens with one attached hydrogen (secondary N) is 2. The van der Waals surface area contributed by atoms with Crippen LogP contribution in [0.3, 0.4) is 0 Å². The summed E-state index contributed by atoms with van der Waals surface area (Å²) in [7, 11) is 1.81. The summed E-state index contributed by atoms with van der Waals surface area (Å²) in [4.78, 5) is 12.8. The van der Waals surface area contributed by atoms with E-state index in [4.69, 9.17) is 0 Å². The van der Waals surface area contributed by atoms with Crippen LogP contribution in [0.2, 0.25) is 0 Å². The van der Waals surface area contributed by atoms with Gasteiger partial charge in [0.25, 0.3) is 0 Å². The van der Waals surface area contributed by atoms with Gasteiger partial charge in [0.2, 0.25) is 0 Å². The highest BCUT2D eigenvalue weighted by Crippen LogP contribution is 2.21. The van der Waals surface area contributed by atoms with E-state index in [1.165, 1.54) is 41.8 Å². The highest BCUT2D eigenvalue weighted by molar-refractivity contribution is 14.0. The zero-order valence-corrected chi connectivity index (χ0v) is 21.1. The van der Waals surface area contributed by atoms with Gasteiger partial charge in [0.05, 0.1) is 12.2 Å². The topological polar surface area (TPSA) is 52.6 Å². The van der Waals surface area contributed by atoms with E-state index in [9.17, 15) is 0 Å². The van der Waals surface area contributed by atoms with Crippen molar-refractivity contribution < 1.29 is 0 Å². The Morgan fingerprint density at radius 2 is 1.90 bits per heavy atom. The average Bonchev–Trinajstić information content (AvgIpc) is 3.02. The number of aryl methyl sites for hydroxylation is 2. The number of hydrogen-bond acceptors (Lipinski definition) is 4. The summed E-state index contributed by atoms with van der Waals surface area (Å²) < 4.78 is 0. The third-order valence-corrected chi connectivity index (χ3v) is 6.66. The van der Waals surface area contributed by atoms with Gasteiger partial charge in [-0.2, -0.15) is 0 Å². The fourth-order valence-corrected chi connectivity index (χ4v) is 4.54. The number of likely N-dealkylation sites (tertiary alicyclic amines) is 1. The molecule has 1 unspecified atom stereocenters. The van der Waals surface area contributed by atoms with Crippen molar-refractivity contribution in [3.8, 4) is 0 Å². The van der Waals surface area contributed by atoms with Crippen LogP contribution in [-0.4, -0.2) is 35.5 Å². The largest absolute Gasteiger partial charge is 0.352 e. The number of thiazole rings is 1. The van der Waals surface area contributed by atoms with Gasteiger partial charge < -0.3 is 10.6 Å². The van der Waals surface area contributed by atoms with Gasteiger partial charge in [-0.3, -0.25) is 9.89 Å². The summed E-state index contributed by atoms with van der Waals surface area (Å²) in [6, 6.07) is 9.42. The molecule has 3 rings (SSSR count). The molecule has 1 aliphatic rings. The van der Waals surface area contributed by atoms with Crippen LogP contribution in [0, 0.1) is 13.8 Å². The summed E-state index contributed by atoms with van der Waals surface area (Å²) in [6.45, 7) is 10.2. The number of rotatable bonds is 6. The number of aromatic nitrogens is 1. The molecule has 2 N–H and O–H groups in total. The minimum atomic E-state index is 0. The maximum absolute atomic E-state index is 4.59. The SMILES string of the molecule is CN=C(NCc1nc(C)c(C)s1)NCc1ccccc1CN1CCCCC1C.I. The molecule has 0 saturated carbocycles. The van der Waals surface area contributed by atoms with Crippen LogP contribution in [0.25, 0.3) is 0 Å². The third kappa shape index (κ3) is 6.93. The second kappa shape index (κ2) is 11.9. The number of benzene rings is 1. The smallest absolute Gasteiger partial charge is 0.191 e. The number of guanidine groups is 1. The number of nitrogens with zero attached hydrogens (tertiary/aromatic N) is 3. The van der Waals surface area contributed by atoms with Gasteiger partial charge in [-0.15, -0.1) is 35.3 Å². The molecule has 0 aliphatic carbocycles. The normalized spacial score (nSPS) is 17.7. The molecule has 2 heterocycles. The standard InChI is InChI=1S/C22H33N5S.HI/c1-16-9-7-8-12-27(16)15-20-11-6-5-10-19(20)13-24-22(23-4)25-14-21-26-17(2)18(3)28-21;/h5-6,10-11,16H,7-9,12-15H2,1-4H3,(H2,23,24,25);1H. The Bertz CT molecular complexity index is 785. The van der Waals surface area contributed by atoms with Crippen LogP contribution in [0.4, 0.5) is 0 Å². The second-order valence-corrected chi connectivity index (χ2v) is 8.90. The molecule has 2 aromatic rings. The van der Waals surface area contributed by atoms with E-state index < -0.39 is 0 Å². The van der Waals surface area contributed by atoms with E-state index in [0.29, 0.717) is 12.6 Å². The molecule has 160 valence electrons. The molecule has 1 saturated heterocycles. The van der Waals surface area contributed by atoms with Crippen molar-refractivity contribution in [1.82, 2.24) is 20.5 Å². The first-order valence-corrected chi connectivity index (χ1v) is 11.1. The second-order valence-electron chi connectivity index (χ2n) is 7.61. The van der Waals surface area contributed by atoms with Crippen molar-refractivity contribution in [1.29, 1.82) is 0 Å². The summed E-state index contributed by atoms with van der Waals surface area (Å²) in [5, 5.41) is 7.94. The van der Waals surface area contributed by atoms with E-state index in [2.05, 4.69) is 70.5 Å². The van der Waals surface area contributed by atoms with Crippen molar-refractivity contribution in [2.75, 3.05) is 13.6 Å². The van der Waals surface area contributed by atoms with Crippen molar-refractivity contribution in [3.63, 3.8) is 0 Å². The van der Waals surface area contributed by atoms with E-state index >= 15 is 0 Å². The summed E-state index contributed by atoms with van der Waals surface area (Å²) in [6.07, 6.45) is 3.99. The molecule has 1 atom stereocenters. The Morgan fingerprint density at radius 3 is 2.55 bits per heavy atom. The number of piperidine rings is 1. The van der Waals surface area contributed by atoms with Crippen LogP contribution in [0.5, 0.6) is 0 Å². The molecule has 1 aliphatic heterocycles. The zero-order valence-electron chi connectivity index (χ0n) is 18.0. The van der Waals surface area contributed by atoms with Gasteiger partial charge in [0.1, 0.15) is 5.01 Å². The van der Waals surface area contributed by atoms with Crippen LogP contribution in [0.15, 0.2) is 29.3 Å². The average molecular weight is 528 g/mol. The van der Waals surface area contributed by atoms with Crippen molar-refractivity contribution in [2.45, 2.75) is 65.7 Å². The Hall–Kier alpha value is -1.19. The van der Waals surface area contributed by atoms with Gasteiger partial charge in [0.15, 0.2) is 5.96 Å². The molecule has 0 amide bonds. The fraction of sp³-hybridized carbons (Fsp3) is 0.545. The Morgan fingerprint density at radius 1 is 1.17 bits per heavy atom. The molecule has 5 nitrogen and oxygen atoms in total. The Kier molecular flexibility index (Phi) is 9.85. The summed E-state index contributed by atoms with van der Waals surface area (Å²) in [5.41, 5.74) is 3.86. The number of hydrogen-bond donors (Lipinski definition) is 2. The molecule has 1 aromatic carbocycles. The Labute approximate surface area is 196 Å². The first kappa shape index (κ1) is 24.1. The van der Waals surface area contributed by atoms with Crippen LogP contribution in [0.1, 0.15) is 52.9 Å². The van der Waals surface area contributed by atoms with Gasteiger partial charge in [-0.25, -0.2) is 4.98 Å². The van der Waals surface area contributed by atoms with E-state index in [-0.39, 0.29) is 24.0 Å². The molecule has 0 spiro atoms. The van der Waals surface area contributed by atoms with Crippen LogP contribution in [-0.2, 0) is 19.6 Å². The quantitative estimate of drug-likeness (QED) is 0.327. The first-order valence-electron chi connectivity index (χ1n) is 10.2. The maximum Gasteiger partial charge on any atom is 0.191 e. The molecule has 1 fully saturated rings. The van der Waals surface area contributed by atoms with E-state index in [1.807, 2.05) is 7.05 Å². The lowest BCUT2D eigenvalue weighted by Gasteiger charge is -2.33. The predicted octanol–water partition coefficient (Wildman–Crippen LogP) is 4.62. The predicted molar refractivity (Wildman–Crippen MR) is 134 cm³/mol. The molecular formula is C22H34IN5S. The monoisotopic (exact) mass is 527 g/mol. The molecular weight excluding hydrogens is 493 g/mol.